The summed E-state index contributed by atoms with van der Waals surface area (Å²) in [6.07, 6.45) is 5.95. The number of aromatic nitrogens is 4. The average Bonchev–Trinajstić information content (AvgIpc) is 3.19. The second-order valence-corrected chi connectivity index (χ2v) is 8.90. The summed E-state index contributed by atoms with van der Waals surface area (Å²) in [6, 6.07) is 10.4. The fourth-order valence-electron chi connectivity index (χ4n) is 4.93. The molecule has 8 nitrogen and oxygen atoms in total. The topological polar surface area (TPSA) is 85.1 Å². The van der Waals surface area contributed by atoms with E-state index >= 15 is 0 Å². The minimum absolute atomic E-state index is 0.103. The van der Waals surface area contributed by atoms with Crippen molar-refractivity contribution in [1.82, 2.24) is 29.8 Å². The van der Waals surface area contributed by atoms with Gasteiger partial charge in [-0.05, 0) is 58.2 Å². The molecule has 1 saturated heterocycles. The summed E-state index contributed by atoms with van der Waals surface area (Å²) < 4.78 is 2.99. The van der Waals surface area contributed by atoms with Crippen molar-refractivity contribution in [3.05, 3.63) is 52.1 Å². The molecule has 0 radical (unpaired) electrons. The minimum atomic E-state index is -0.345. The molecule has 1 aliphatic heterocycles. The first-order valence-corrected chi connectivity index (χ1v) is 12.0. The minimum Gasteiger partial charge on any atom is -0.354 e. The highest BCUT2D eigenvalue weighted by Gasteiger charge is 2.20. The highest BCUT2D eigenvalue weighted by molar-refractivity contribution is 5.83. The number of hydrogen-bond donors (Lipinski definition) is 1. The molecule has 176 valence electrons. The van der Waals surface area contributed by atoms with E-state index < -0.39 is 0 Å². The van der Waals surface area contributed by atoms with Gasteiger partial charge in [-0.2, -0.15) is 10.2 Å². The molecule has 1 N–H and O–H groups in total. The van der Waals surface area contributed by atoms with E-state index in [4.69, 9.17) is 0 Å². The first kappa shape index (κ1) is 23.2. The molecular weight excluding hydrogens is 416 g/mol. The fourth-order valence-corrected chi connectivity index (χ4v) is 4.93. The van der Waals surface area contributed by atoms with Crippen molar-refractivity contribution in [2.45, 2.75) is 65.5 Å². The van der Waals surface area contributed by atoms with E-state index in [-0.39, 0.29) is 18.0 Å². The predicted octanol–water partition coefficient (Wildman–Crippen LogP) is 2.97. The second kappa shape index (κ2) is 10.3. The van der Waals surface area contributed by atoms with Crippen LogP contribution in [0.5, 0.6) is 0 Å². The van der Waals surface area contributed by atoms with E-state index in [0.717, 1.165) is 36.3 Å². The van der Waals surface area contributed by atoms with Crippen LogP contribution >= 0.6 is 0 Å². The Balaban J connectivity index is 1.41. The third-order valence-corrected chi connectivity index (χ3v) is 6.64. The van der Waals surface area contributed by atoms with Gasteiger partial charge >= 0.3 is 0 Å². The van der Waals surface area contributed by atoms with E-state index in [1.807, 2.05) is 44.2 Å². The number of amides is 1. The number of para-hydroxylation sites is 1. The van der Waals surface area contributed by atoms with Gasteiger partial charge in [-0.15, -0.1) is 0 Å². The molecule has 0 aliphatic carbocycles. The number of benzene rings is 1. The van der Waals surface area contributed by atoms with Crippen LogP contribution in [-0.4, -0.2) is 56.0 Å². The van der Waals surface area contributed by atoms with Crippen LogP contribution in [0.25, 0.3) is 16.6 Å². The van der Waals surface area contributed by atoms with Gasteiger partial charge in [0.05, 0.1) is 22.5 Å². The largest absolute Gasteiger partial charge is 0.354 e. The summed E-state index contributed by atoms with van der Waals surface area (Å²) in [5, 5.41) is 12.7. The zero-order chi connectivity index (χ0) is 23.4. The number of nitrogens with one attached hydrogen (secondary N) is 1. The fraction of sp³-hybridized carbons (Fsp3) is 0.520. The molecule has 1 aliphatic rings. The molecule has 0 bridgehead atoms. The van der Waals surface area contributed by atoms with Crippen molar-refractivity contribution in [3.8, 4) is 5.69 Å². The predicted molar refractivity (Wildman–Crippen MR) is 130 cm³/mol. The maximum Gasteiger partial charge on any atom is 0.295 e. The zero-order valence-corrected chi connectivity index (χ0v) is 19.9. The van der Waals surface area contributed by atoms with E-state index in [1.165, 1.54) is 30.4 Å². The Morgan fingerprint density at radius 1 is 1.15 bits per heavy atom. The van der Waals surface area contributed by atoms with Crippen LogP contribution in [0.1, 0.15) is 50.4 Å². The monoisotopic (exact) mass is 450 g/mol. The van der Waals surface area contributed by atoms with Gasteiger partial charge in [-0.3, -0.25) is 9.59 Å². The van der Waals surface area contributed by atoms with Crippen molar-refractivity contribution in [2.24, 2.45) is 0 Å². The molecule has 2 aromatic heterocycles. The Labute approximate surface area is 194 Å². The molecular formula is C25H34N6O2. The van der Waals surface area contributed by atoms with Gasteiger partial charge in [-0.25, -0.2) is 9.36 Å². The Morgan fingerprint density at radius 2 is 1.94 bits per heavy atom. The Bertz CT molecular complexity index is 1170. The van der Waals surface area contributed by atoms with Crippen LogP contribution in [0.15, 0.2) is 35.1 Å². The van der Waals surface area contributed by atoms with E-state index in [1.54, 1.807) is 4.68 Å². The standard InChI is InChI=1S/C25H34N6O2/c1-4-20-11-8-9-15-29(20)16-10-14-26-22(32)17-30-25(33)24-23(18(2)27-30)19(3)31(28-24)21-12-6-5-7-13-21/h5-7,12-13,20H,4,8-11,14-17H2,1-3H3,(H,26,32)/t20-/m0/s1. The van der Waals surface area contributed by atoms with Crippen molar-refractivity contribution >= 4 is 16.8 Å². The number of carbonyl (C=O) groups excluding carboxylic acids is 1. The number of nitrogens with zero attached hydrogens (tertiary/aromatic N) is 5. The highest BCUT2D eigenvalue weighted by Crippen LogP contribution is 2.21. The smallest absolute Gasteiger partial charge is 0.295 e. The van der Waals surface area contributed by atoms with Gasteiger partial charge in [0.25, 0.3) is 5.56 Å². The van der Waals surface area contributed by atoms with Crippen molar-refractivity contribution in [3.63, 3.8) is 0 Å². The molecule has 1 atom stereocenters. The van der Waals surface area contributed by atoms with Gasteiger partial charge in [0, 0.05) is 19.1 Å². The van der Waals surface area contributed by atoms with Crippen LogP contribution in [0, 0.1) is 13.8 Å². The Hall–Kier alpha value is -3.00. The van der Waals surface area contributed by atoms with Gasteiger partial charge in [0.2, 0.25) is 5.91 Å². The first-order valence-electron chi connectivity index (χ1n) is 12.0. The van der Waals surface area contributed by atoms with Crippen molar-refractivity contribution in [1.29, 1.82) is 0 Å². The number of piperidine rings is 1. The lowest BCUT2D eigenvalue weighted by Crippen LogP contribution is -2.41. The van der Waals surface area contributed by atoms with Crippen molar-refractivity contribution < 1.29 is 4.79 Å². The number of likely N-dealkylation sites (tertiary alicyclic amines) is 1. The molecule has 1 fully saturated rings. The van der Waals surface area contributed by atoms with Crippen LogP contribution in [0.4, 0.5) is 0 Å². The van der Waals surface area contributed by atoms with E-state index in [2.05, 4.69) is 27.3 Å². The summed E-state index contributed by atoms with van der Waals surface area (Å²) >= 11 is 0. The molecule has 3 heterocycles. The Kier molecular flexibility index (Phi) is 7.23. The van der Waals surface area contributed by atoms with Crippen LogP contribution < -0.4 is 10.9 Å². The summed E-state index contributed by atoms with van der Waals surface area (Å²) in [5.41, 5.74) is 2.43. The molecule has 1 aromatic carbocycles. The second-order valence-electron chi connectivity index (χ2n) is 8.90. The molecule has 3 aromatic rings. The number of rotatable bonds is 8. The molecule has 8 heteroatoms. The summed E-state index contributed by atoms with van der Waals surface area (Å²) in [6.45, 7) is 8.68. The highest BCUT2D eigenvalue weighted by atomic mass is 16.2. The lowest BCUT2D eigenvalue weighted by molar-refractivity contribution is -0.121. The third-order valence-electron chi connectivity index (χ3n) is 6.64. The van der Waals surface area contributed by atoms with Crippen LogP contribution in [0.3, 0.4) is 0 Å². The lowest BCUT2D eigenvalue weighted by atomic mass is 10.00. The van der Waals surface area contributed by atoms with Crippen LogP contribution in [-0.2, 0) is 11.3 Å². The summed E-state index contributed by atoms with van der Waals surface area (Å²) in [5.74, 6) is -0.201. The number of carbonyl (C=O) groups is 1. The maximum absolute atomic E-state index is 13.1. The third kappa shape index (κ3) is 5.00. The molecule has 0 spiro atoms. The van der Waals surface area contributed by atoms with Crippen LogP contribution in [0.2, 0.25) is 0 Å². The molecule has 33 heavy (non-hydrogen) atoms. The summed E-state index contributed by atoms with van der Waals surface area (Å²) in [7, 11) is 0. The Morgan fingerprint density at radius 3 is 2.70 bits per heavy atom. The molecule has 4 rings (SSSR count). The zero-order valence-electron chi connectivity index (χ0n) is 19.9. The first-order chi connectivity index (χ1) is 16.0. The van der Waals surface area contributed by atoms with E-state index in [9.17, 15) is 9.59 Å². The molecule has 0 unspecified atom stereocenters. The maximum atomic E-state index is 13.1. The van der Waals surface area contributed by atoms with Gasteiger partial charge in [-0.1, -0.05) is 31.5 Å². The number of hydrogen-bond acceptors (Lipinski definition) is 5. The number of fused-ring (bicyclic) bond motifs is 1. The number of aryl methyl sites for hydroxylation is 2. The molecule has 1 amide bonds. The van der Waals surface area contributed by atoms with Gasteiger partial charge < -0.3 is 10.2 Å². The van der Waals surface area contributed by atoms with Crippen molar-refractivity contribution in [2.75, 3.05) is 19.6 Å². The van der Waals surface area contributed by atoms with Gasteiger partial charge in [0.1, 0.15) is 6.54 Å². The quantitative estimate of drug-likeness (QED) is 0.534. The average molecular weight is 451 g/mol. The summed E-state index contributed by atoms with van der Waals surface area (Å²) in [4.78, 5) is 28.1. The normalized spacial score (nSPS) is 16.9. The van der Waals surface area contributed by atoms with E-state index in [0.29, 0.717) is 23.8 Å². The lowest BCUT2D eigenvalue weighted by Gasteiger charge is -2.35. The van der Waals surface area contributed by atoms with Gasteiger partial charge in [0.15, 0.2) is 5.52 Å². The SMILES string of the molecule is CC[C@H]1CCCCN1CCCNC(=O)Cn1nc(C)c2c(C)n(-c3ccccc3)nc2c1=O. The molecule has 0 saturated carbocycles.